The minimum Gasteiger partial charge on any atom is -0.611 e. The lowest BCUT2D eigenvalue weighted by Crippen LogP contribution is -2.32. The van der Waals surface area contributed by atoms with Crippen molar-refractivity contribution in [1.82, 2.24) is 0 Å². The van der Waals surface area contributed by atoms with E-state index in [1.165, 1.54) is 173 Å². The maximum atomic E-state index is 7.51. The molecule has 4 aliphatic carbocycles. The van der Waals surface area contributed by atoms with Crippen LogP contribution in [0.3, 0.4) is 0 Å². The largest absolute Gasteiger partial charge is 0.856 e. The Kier molecular flexibility index (Phi) is 11.8. The zero-order valence-electron chi connectivity index (χ0n) is 28.6. The van der Waals surface area contributed by atoms with Gasteiger partial charge in [0.25, 0.3) is 0 Å². The average molecular weight is 613 g/mol. The number of hydrogen-bond donors (Lipinski definition) is 0. The highest BCUT2D eigenvalue weighted by Crippen LogP contribution is 2.48. The van der Waals surface area contributed by atoms with Gasteiger partial charge >= 0.3 is 14.8 Å². The minimum atomic E-state index is -2.05. The predicted molar refractivity (Wildman–Crippen MR) is 188 cm³/mol. The molecule has 3 heteroatoms. The Labute approximate surface area is 275 Å². The fourth-order valence-corrected chi connectivity index (χ4v) is 11.3. The Morgan fingerprint density at radius 3 is 1.00 bits per heavy atom. The molecular formula is C41H61AlO2. The molecular weight excluding hydrogens is 551 g/mol. The second-order valence-corrected chi connectivity index (χ2v) is 17.2. The monoisotopic (exact) mass is 612 g/mol. The van der Waals surface area contributed by atoms with Crippen LogP contribution in [0.1, 0.15) is 199 Å². The normalized spacial score (nSPS) is 21.3. The fraction of sp³-hybridized carbons (Fsp3) is 0.707. The van der Waals surface area contributed by atoms with E-state index in [1.54, 1.807) is 0 Å². The third-order valence-corrected chi connectivity index (χ3v) is 13.8. The van der Waals surface area contributed by atoms with Gasteiger partial charge in [-0.2, -0.15) is 0 Å². The van der Waals surface area contributed by atoms with E-state index < -0.39 is 14.8 Å². The maximum absolute atomic E-state index is 7.51. The van der Waals surface area contributed by atoms with Crippen molar-refractivity contribution in [2.75, 3.05) is 0 Å². The fourth-order valence-electron chi connectivity index (χ4n) is 9.44. The molecule has 240 valence electrons. The molecule has 4 aliphatic rings. The van der Waals surface area contributed by atoms with Gasteiger partial charge < -0.3 is 7.58 Å². The molecule has 6 rings (SSSR count). The first-order valence-corrected chi connectivity index (χ1v) is 21.0. The van der Waals surface area contributed by atoms with Gasteiger partial charge in [-0.25, -0.2) is 0 Å². The highest BCUT2D eigenvalue weighted by molar-refractivity contribution is 6.46. The van der Waals surface area contributed by atoms with Crippen molar-refractivity contribution in [3.63, 3.8) is 0 Å². The minimum absolute atomic E-state index is 0.646. The molecule has 2 aromatic carbocycles. The SMILES string of the molecule is CC[CH2][Al]([O]c1c(C2CCCCC2)cc(C)cc1C1CCCCC1)[O]c1c(C2CCCCC2)cc(C)cc1C1CCCCC1. The van der Waals surface area contributed by atoms with E-state index in [1.807, 2.05) is 0 Å². The van der Waals surface area contributed by atoms with E-state index in [4.69, 9.17) is 7.58 Å². The van der Waals surface area contributed by atoms with Gasteiger partial charge in [0.2, 0.25) is 0 Å². The van der Waals surface area contributed by atoms with Crippen LogP contribution in [0.4, 0.5) is 0 Å². The molecule has 0 aromatic heterocycles. The van der Waals surface area contributed by atoms with Gasteiger partial charge in [-0.3, -0.25) is 0 Å². The first-order chi connectivity index (χ1) is 21.6. The third kappa shape index (κ3) is 7.92. The van der Waals surface area contributed by atoms with E-state index in [0.29, 0.717) is 23.7 Å². The number of aryl methyl sites for hydroxylation is 2. The van der Waals surface area contributed by atoms with Crippen LogP contribution >= 0.6 is 0 Å². The van der Waals surface area contributed by atoms with Crippen molar-refractivity contribution in [2.24, 2.45) is 0 Å². The van der Waals surface area contributed by atoms with Crippen LogP contribution in [0, 0.1) is 13.8 Å². The standard InChI is InChI=1S/2C19H28O.C3H7.Al/c2*1-14-12-17(15-8-4-2-5-9-15)19(20)18(13-14)16-10-6-3-7-11-16;1-3-2;/h2*12-13,15-16,20H,2-11H2,1H3;1,3H2,2H3;/q;;;+2/p-2. The Balaban J connectivity index is 1.40. The Bertz CT molecular complexity index is 1030. The molecule has 0 amide bonds. The summed E-state index contributed by atoms with van der Waals surface area (Å²) >= 11 is -2.05. The van der Waals surface area contributed by atoms with Crippen LogP contribution in [0.5, 0.6) is 11.5 Å². The highest BCUT2D eigenvalue weighted by atomic mass is 27.2. The van der Waals surface area contributed by atoms with Crippen LogP contribution < -0.4 is 7.58 Å². The van der Waals surface area contributed by atoms with Crippen molar-refractivity contribution in [2.45, 2.75) is 185 Å². The average Bonchev–Trinajstić information content (AvgIpc) is 3.07. The van der Waals surface area contributed by atoms with Crippen LogP contribution in [0.15, 0.2) is 24.3 Å². The summed E-state index contributed by atoms with van der Waals surface area (Å²) in [4.78, 5) is 0. The molecule has 44 heavy (non-hydrogen) atoms. The molecule has 0 atom stereocenters. The summed E-state index contributed by atoms with van der Waals surface area (Å²) < 4.78 is 15.0. The highest BCUT2D eigenvalue weighted by Gasteiger charge is 2.38. The second-order valence-electron chi connectivity index (χ2n) is 15.3. The molecule has 0 unspecified atom stereocenters. The summed E-state index contributed by atoms with van der Waals surface area (Å²) in [7, 11) is 0. The molecule has 0 aliphatic heterocycles. The van der Waals surface area contributed by atoms with Gasteiger partial charge in [-0.1, -0.05) is 126 Å². The first-order valence-electron chi connectivity index (χ1n) is 19.2. The van der Waals surface area contributed by atoms with Crippen LogP contribution in [0.2, 0.25) is 5.28 Å². The van der Waals surface area contributed by atoms with Crippen molar-refractivity contribution in [3.8, 4) is 11.5 Å². The van der Waals surface area contributed by atoms with Crippen molar-refractivity contribution >= 4 is 14.8 Å². The van der Waals surface area contributed by atoms with E-state index in [2.05, 4.69) is 45.0 Å². The lowest BCUT2D eigenvalue weighted by Gasteiger charge is -2.34. The van der Waals surface area contributed by atoms with Crippen LogP contribution in [-0.2, 0) is 0 Å². The van der Waals surface area contributed by atoms with Crippen molar-refractivity contribution < 1.29 is 7.58 Å². The molecule has 0 N–H and O–H groups in total. The molecule has 4 fully saturated rings. The van der Waals surface area contributed by atoms with Gasteiger partial charge in [0.15, 0.2) is 0 Å². The van der Waals surface area contributed by atoms with E-state index in [-0.39, 0.29) is 0 Å². The van der Waals surface area contributed by atoms with Gasteiger partial charge in [0, 0.05) is 0 Å². The van der Waals surface area contributed by atoms with Crippen LogP contribution in [-0.4, -0.2) is 14.8 Å². The van der Waals surface area contributed by atoms with Crippen molar-refractivity contribution in [1.29, 1.82) is 0 Å². The molecule has 0 bridgehead atoms. The van der Waals surface area contributed by atoms with E-state index in [9.17, 15) is 0 Å². The molecule has 4 saturated carbocycles. The summed E-state index contributed by atoms with van der Waals surface area (Å²) in [6, 6.07) is 10.1. The summed E-state index contributed by atoms with van der Waals surface area (Å²) in [6.45, 7) is 7.00. The Hall–Kier alpha value is -1.43. The smallest absolute Gasteiger partial charge is 0.611 e. The number of hydrogen-bond acceptors (Lipinski definition) is 2. The molecule has 2 aromatic rings. The van der Waals surface area contributed by atoms with Crippen LogP contribution in [0.25, 0.3) is 0 Å². The molecule has 0 spiro atoms. The quantitative estimate of drug-likeness (QED) is 0.249. The predicted octanol–water partition coefficient (Wildman–Crippen LogP) is 12.9. The Morgan fingerprint density at radius 2 is 0.750 bits per heavy atom. The van der Waals surface area contributed by atoms with Gasteiger partial charge in [0.1, 0.15) is 0 Å². The first kappa shape index (κ1) is 32.5. The van der Waals surface area contributed by atoms with Crippen molar-refractivity contribution in [3.05, 3.63) is 57.6 Å². The van der Waals surface area contributed by atoms with Gasteiger partial charge in [0.05, 0.1) is 11.5 Å². The molecule has 0 heterocycles. The topological polar surface area (TPSA) is 18.5 Å². The Morgan fingerprint density at radius 1 is 0.477 bits per heavy atom. The summed E-state index contributed by atoms with van der Waals surface area (Å²) in [5.41, 5.74) is 9.01. The number of rotatable bonds is 10. The zero-order chi connectivity index (χ0) is 30.3. The third-order valence-electron chi connectivity index (χ3n) is 11.8. The van der Waals surface area contributed by atoms with Gasteiger partial charge in [-0.15, -0.1) is 0 Å². The van der Waals surface area contributed by atoms with E-state index >= 15 is 0 Å². The zero-order valence-corrected chi connectivity index (χ0v) is 29.7. The molecule has 0 radical (unpaired) electrons. The summed E-state index contributed by atoms with van der Waals surface area (Å²) in [6.07, 6.45) is 28.2. The summed E-state index contributed by atoms with van der Waals surface area (Å²) in [5.74, 6) is 5.15. The summed E-state index contributed by atoms with van der Waals surface area (Å²) in [5, 5.41) is 1.07. The molecule has 0 saturated heterocycles. The maximum Gasteiger partial charge on any atom is 0.856 e. The lowest BCUT2D eigenvalue weighted by atomic mass is 9.78. The lowest BCUT2D eigenvalue weighted by molar-refractivity contribution is 0.370. The van der Waals surface area contributed by atoms with E-state index in [0.717, 1.165) is 11.7 Å². The second kappa shape index (κ2) is 15.9. The van der Waals surface area contributed by atoms with Gasteiger partial charge in [-0.05, 0) is 116 Å². The number of benzene rings is 2. The molecule has 2 nitrogen and oxygen atoms in total.